The maximum absolute atomic E-state index is 13.0. The van der Waals surface area contributed by atoms with Gasteiger partial charge in [0.15, 0.2) is 0 Å². The molecule has 5 rings (SSSR count). The second-order valence-electron chi connectivity index (χ2n) is 9.16. The molecule has 1 N–H and O–H groups in total. The Morgan fingerprint density at radius 2 is 1.67 bits per heavy atom. The minimum Gasteiger partial charge on any atom is -0.394 e. The van der Waals surface area contributed by atoms with E-state index in [1.807, 2.05) is 18.2 Å². The highest BCUT2D eigenvalue weighted by molar-refractivity contribution is 5.88. The van der Waals surface area contributed by atoms with Crippen LogP contribution in [0.2, 0.25) is 0 Å². The fraction of sp³-hybridized carbons (Fsp3) is 0.407. The Labute approximate surface area is 194 Å². The van der Waals surface area contributed by atoms with Crippen molar-refractivity contribution >= 4 is 24.0 Å². The first-order valence-electron chi connectivity index (χ1n) is 11.8. The molecule has 33 heavy (non-hydrogen) atoms. The number of aliphatic hydroxyl groups is 1. The number of rotatable bonds is 5. The Hall–Kier alpha value is -2.96. The van der Waals surface area contributed by atoms with Crippen LogP contribution in [0.4, 0.5) is 0 Å². The summed E-state index contributed by atoms with van der Waals surface area (Å²) in [5, 5.41) is 10.0. The number of piperazine rings is 1. The van der Waals surface area contributed by atoms with Crippen molar-refractivity contribution in [2.45, 2.75) is 30.8 Å². The van der Waals surface area contributed by atoms with Crippen LogP contribution in [-0.4, -0.2) is 71.7 Å². The summed E-state index contributed by atoms with van der Waals surface area (Å²) in [6.07, 6.45) is 5.60. The van der Waals surface area contributed by atoms with E-state index in [9.17, 15) is 14.7 Å². The number of hydrogen-bond donors (Lipinski definition) is 1. The van der Waals surface area contributed by atoms with Gasteiger partial charge in [-0.3, -0.25) is 9.59 Å². The molecule has 3 atom stereocenters. The molecule has 172 valence electrons. The Bertz CT molecular complexity index is 1010. The molecule has 0 aromatic heterocycles. The van der Waals surface area contributed by atoms with E-state index in [-0.39, 0.29) is 48.9 Å². The molecule has 0 aliphatic carbocycles. The van der Waals surface area contributed by atoms with Gasteiger partial charge in [0, 0.05) is 31.6 Å². The molecule has 3 aliphatic heterocycles. The first-order chi connectivity index (χ1) is 16.2. The number of carbonyl (C=O) groups excluding carboxylic acids is 2. The monoisotopic (exact) mass is 446 g/mol. The van der Waals surface area contributed by atoms with E-state index in [1.165, 1.54) is 0 Å². The minimum absolute atomic E-state index is 0.0244. The first-order valence-corrected chi connectivity index (χ1v) is 11.8. The largest absolute Gasteiger partial charge is 0.394 e. The Morgan fingerprint density at radius 1 is 1.00 bits per heavy atom. The zero-order valence-electron chi connectivity index (χ0n) is 18.7. The number of benzene rings is 2. The van der Waals surface area contributed by atoms with Crippen molar-refractivity contribution in [3.05, 3.63) is 71.3 Å². The zero-order chi connectivity index (χ0) is 22.8. The minimum atomic E-state index is -0.228. The summed E-state index contributed by atoms with van der Waals surface area (Å²) in [6.45, 7) is 1.77. The maximum atomic E-state index is 13.0. The quantitative estimate of drug-likeness (QED) is 0.717. The SMILES string of the molecule is O=C(C1CCOCC1)N1CC(=O)N2[C@H](CO)[C@H](c3ccc(/C=C/c4ccccc4)cc3)[C@@H]2C1. The van der Waals surface area contributed by atoms with Gasteiger partial charge in [0.05, 0.1) is 25.2 Å². The van der Waals surface area contributed by atoms with Crippen LogP contribution < -0.4 is 0 Å². The Morgan fingerprint density at radius 3 is 2.33 bits per heavy atom. The van der Waals surface area contributed by atoms with E-state index in [0.29, 0.717) is 19.8 Å². The van der Waals surface area contributed by atoms with Crippen LogP contribution in [0.1, 0.15) is 35.4 Å². The fourth-order valence-corrected chi connectivity index (χ4v) is 5.46. The molecular weight excluding hydrogens is 416 g/mol. The lowest BCUT2D eigenvalue weighted by Gasteiger charge is -2.59. The third-order valence-electron chi connectivity index (χ3n) is 7.22. The van der Waals surface area contributed by atoms with E-state index in [0.717, 1.165) is 29.5 Å². The molecule has 0 bridgehead atoms. The van der Waals surface area contributed by atoms with Crippen molar-refractivity contribution in [3.63, 3.8) is 0 Å². The van der Waals surface area contributed by atoms with Crippen LogP contribution in [-0.2, 0) is 14.3 Å². The average Bonchev–Trinajstić information content (AvgIpc) is 2.85. The third-order valence-corrected chi connectivity index (χ3v) is 7.22. The molecule has 0 unspecified atom stereocenters. The summed E-state index contributed by atoms with van der Waals surface area (Å²) in [5.74, 6) is -0.0272. The molecule has 6 heteroatoms. The number of carbonyl (C=O) groups is 2. The summed E-state index contributed by atoms with van der Waals surface area (Å²) < 4.78 is 5.38. The number of aliphatic hydroxyl groups excluding tert-OH is 1. The first kappa shape index (κ1) is 21.9. The smallest absolute Gasteiger partial charge is 0.242 e. The van der Waals surface area contributed by atoms with Crippen LogP contribution in [0.5, 0.6) is 0 Å². The summed E-state index contributed by atoms with van der Waals surface area (Å²) in [5.41, 5.74) is 3.34. The predicted octanol–water partition coefficient (Wildman–Crippen LogP) is 2.78. The lowest BCUT2D eigenvalue weighted by molar-refractivity contribution is -0.169. The highest BCUT2D eigenvalue weighted by atomic mass is 16.5. The molecule has 6 nitrogen and oxygen atoms in total. The van der Waals surface area contributed by atoms with E-state index < -0.39 is 0 Å². The van der Waals surface area contributed by atoms with Crippen LogP contribution in [0, 0.1) is 5.92 Å². The third kappa shape index (κ3) is 4.33. The van der Waals surface area contributed by atoms with Crippen LogP contribution in [0.15, 0.2) is 54.6 Å². The molecule has 3 heterocycles. The van der Waals surface area contributed by atoms with Crippen LogP contribution >= 0.6 is 0 Å². The van der Waals surface area contributed by atoms with Gasteiger partial charge >= 0.3 is 0 Å². The van der Waals surface area contributed by atoms with E-state index in [1.54, 1.807) is 9.80 Å². The van der Waals surface area contributed by atoms with Crippen molar-refractivity contribution in [2.24, 2.45) is 5.92 Å². The molecule has 2 amide bonds. The second-order valence-corrected chi connectivity index (χ2v) is 9.16. The van der Waals surface area contributed by atoms with Crippen molar-refractivity contribution in [3.8, 4) is 0 Å². The van der Waals surface area contributed by atoms with Crippen LogP contribution in [0.3, 0.4) is 0 Å². The molecule has 0 radical (unpaired) electrons. The molecule has 3 saturated heterocycles. The van der Waals surface area contributed by atoms with E-state index >= 15 is 0 Å². The molecule has 0 saturated carbocycles. The topological polar surface area (TPSA) is 70.1 Å². The van der Waals surface area contributed by atoms with Gasteiger partial charge in [0.1, 0.15) is 0 Å². The highest BCUT2D eigenvalue weighted by Crippen LogP contribution is 2.43. The van der Waals surface area contributed by atoms with E-state index in [2.05, 4.69) is 48.6 Å². The molecule has 3 aliphatic rings. The lowest BCUT2D eigenvalue weighted by Crippen LogP contribution is -2.73. The molecule has 2 aromatic rings. The Balaban J connectivity index is 1.30. The number of hydrogen-bond acceptors (Lipinski definition) is 4. The van der Waals surface area contributed by atoms with Crippen molar-refractivity contribution < 1.29 is 19.4 Å². The summed E-state index contributed by atoms with van der Waals surface area (Å²) >= 11 is 0. The zero-order valence-corrected chi connectivity index (χ0v) is 18.7. The number of amides is 2. The van der Waals surface area contributed by atoms with Gasteiger partial charge < -0.3 is 19.6 Å². The standard InChI is InChI=1S/C27H30N2O4/c30-18-24-26(21-10-8-20(9-11-21)7-6-19-4-2-1-3-5-19)23-16-28(17-25(31)29(23)24)27(32)22-12-14-33-15-13-22/h1-11,22-24,26,30H,12-18H2/b7-6+/t23-,24+,26+/m0/s1. The summed E-state index contributed by atoms with van der Waals surface area (Å²) in [4.78, 5) is 29.4. The summed E-state index contributed by atoms with van der Waals surface area (Å²) in [6, 6.07) is 18.1. The van der Waals surface area contributed by atoms with Gasteiger partial charge in [-0.25, -0.2) is 0 Å². The van der Waals surface area contributed by atoms with Crippen molar-refractivity contribution in [1.82, 2.24) is 9.80 Å². The summed E-state index contributed by atoms with van der Waals surface area (Å²) in [7, 11) is 0. The number of fused-ring (bicyclic) bond motifs is 1. The van der Waals surface area contributed by atoms with Gasteiger partial charge in [-0.2, -0.15) is 0 Å². The second kappa shape index (κ2) is 9.49. The Kier molecular flexibility index (Phi) is 6.29. The lowest BCUT2D eigenvalue weighted by atomic mass is 9.73. The van der Waals surface area contributed by atoms with Gasteiger partial charge in [-0.05, 0) is 29.5 Å². The van der Waals surface area contributed by atoms with Gasteiger partial charge in [0.25, 0.3) is 0 Å². The number of ether oxygens (including phenoxy) is 1. The highest BCUT2D eigenvalue weighted by Gasteiger charge is 2.54. The molecule has 0 spiro atoms. The molecule has 3 fully saturated rings. The van der Waals surface area contributed by atoms with Gasteiger partial charge in [0.2, 0.25) is 11.8 Å². The predicted molar refractivity (Wildman–Crippen MR) is 126 cm³/mol. The van der Waals surface area contributed by atoms with Gasteiger partial charge in [-0.1, -0.05) is 66.7 Å². The van der Waals surface area contributed by atoms with E-state index in [4.69, 9.17) is 4.74 Å². The molecular formula is C27H30N2O4. The average molecular weight is 447 g/mol. The maximum Gasteiger partial charge on any atom is 0.242 e. The molecule has 2 aromatic carbocycles. The fourth-order valence-electron chi connectivity index (χ4n) is 5.46. The van der Waals surface area contributed by atoms with Crippen molar-refractivity contribution in [2.75, 3.05) is 32.9 Å². The normalized spacial score (nSPS) is 25.7. The van der Waals surface area contributed by atoms with Crippen LogP contribution in [0.25, 0.3) is 12.2 Å². The van der Waals surface area contributed by atoms with Gasteiger partial charge in [-0.15, -0.1) is 0 Å². The number of nitrogens with zero attached hydrogens (tertiary/aromatic N) is 2. The van der Waals surface area contributed by atoms with Crippen molar-refractivity contribution in [1.29, 1.82) is 0 Å².